The van der Waals surface area contributed by atoms with E-state index in [-0.39, 0.29) is 25.2 Å². The number of ether oxygens (including phenoxy) is 2. The molecule has 142 valence electrons. The van der Waals surface area contributed by atoms with E-state index in [4.69, 9.17) is 9.47 Å². The SMILES string of the molecule is CCOC(=O)C1=C(C)NC(=O)N[C@H]1C[C@@H](CO)NC(=O)OC(C)(C)C. The van der Waals surface area contributed by atoms with Gasteiger partial charge in [-0.15, -0.1) is 0 Å². The predicted molar refractivity (Wildman–Crippen MR) is 89.6 cm³/mol. The topological polar surface area (TPSA) is 126 Å². The summed E-state index contributed by atoms with van der Waals surface area (Å²) in [4.78, 5) is 35.7. The number of carbonyl (C=O) groups excluding carboxylic acids is 3. The van der Waals surface area contributed by atoms with Gasteiger partial charge in [0.15, 0.2) is 0 Å². The van der Waals surface area contributed by atoms with Gasteiger partial charge in [-0.05, 0) is 41.0 Å². The highest BCUT2D eigenvalue weighted by atomic mass is 16.6. The molecule has 1 heterocycles. The van der Waals surface area contributed by atoms with Crippen LogP contribution < -0.4 is 16.0 Å². The Bertz CT molecular complexity index is 553. The quantitative estimate of drug-likeness (QED) is 0.521. The highest BCUT2D eigenvalue weighted by Crippen LogP contribution is 2.18. The van der Waals surface area contributed by atoms with Gasteiger partial charge in [-0.2, -0.15) is 0 Å². The number of amides is 3. The van der Waals surface area contributed by atoms with Crippen LogP contribution in [0.3, 0.4) is 0 Å². The molecule has 2 atom stereocenters. The van der Waals surface area contributed by atoms with Crippen LogP contribution in [0.4, 0.5) is 9.59 Å². The zero-order chi connectivity index (χ0) is 19.2. The summed E-state index contributed by atoms with van der Waals surface area (Å²) in [5.74, 6) is -0.563. The summed E-state index contributed by atoms with van der Waals surface area (Å²) in [5, 5.41) is 17.2. The third-order valence-electron chi connectivity index (χ3n) is 3.32. The lowest BCUT2D eigenvalue weighted by Gasteiger charge is -2.30. The van der Waals surface area contributed by atoms with Crippen LogP contribution in [0.25, 0.3) is 0 Å². The second-order valence-electron chi connectivity index (χ2n) is 6.67. The molecule has 0 saturated heterocycles. The molecule has 1 rings (SSSR count). The summed E-state index contributed by atoms with van der Waals surface area (Å²) in [6, 6.07) is -1.89. The first-order valence-corrected chi connectivity index (χ1v) is 8.13. The molecule has 25 heavy (non-hydrogen) atoms. The number of aliphatic hydroxyl groups excluding tert-OH is 1. The normalized spacial score (nSPS) is 18.8. The summed E-state index contributed by atoms with van der Waals surface area (Å²) < 4.78 is 10.2. The number of rotatable bonds is 6. The van der Waals surface area contributed by atoms with Crippen molar-refractivity contribution in [3.63, 3.8) is 0 Å². The molecule has 0 aromatic carbocycles. The lowest BCUT2D eigenvalue weighted by molar-refractivity contribution is -0.139. The van der Waals surface area contributed by atoms with Crippen molar-refractivity contribution in [2.75, 3.05) is 13.2 Å². The third kappa shape index (κ3) is 6.61. The van der Waals surface area contributed by atoms with Crippen LogP contribution in [0.1, 0.15) is 41.0 Å². The van der Waals surface area contributed by atoms with Gasteiger partial charge in [-0.3, -0.25) is 0 Å². The fourth-order valence-electron chi connectivity index (χ4n) is 2.38. The fraction of sp³-hybridized carbons (Fsp3) is 0.688. The number of aliphatic hydroxyl groups is 1. The monoisotopic (exact) mass is 357 g/mol. The van der Waals surface area contributed by atoms with Gasteiger partial charge >= 0.3 is 18.1 Å². The summed E-state index contributed by atoms with van der Waals surface area (Å²) in [6.07, 6.45) is -0.584. The minimum absolute atomic E-state index is 0.106. The van der Waals surface area contributed by atoms with Crippen molar-refractivity contribution >= 4 is 18.1 Å². The van der Waals surface area contributed by atoms with Crippen molar-refractivity contribution in [3.05, 3.63) is 11.3 Å². The van der Waals surface area contributed by atoms with Crippen LogP contribution >= 0.6 is 0 Å². The number of alkyl carbamates (subject to hydrolysis) is 1. The lowest BCUT2D eigenvalue weighted by atomic mass is 9.96. The van der Waals surface area contributed by atoms with E-state index >= 15 is 0 Å². The van der Waals surface area contributed by atoms with Gasteiger partial charge in [0.05, 0.1) is 30.9 Å². The van der Waals surface area contributed by atoms with Crippen LogP contribution in [-0.4, -0.2) is 54.1 Å². The van der Waals surface area contributed by atoms with E-state index in [0.29, 0.717) is 5.70 Å². The highest BCUT2D eigenvalue weighted by Gasteiger charge is 2.33. The maximum atomic E-state index is 12.2. The number of hydrogen-bond acceptors (Lipinski definition) is 6. The lowest BCUT2D eigenvalue weighted by Crippen LogP contribution is -2.53. The molecule has 0 aromatic rings. The molecule has 4 N–H and O–H groups in total. The Hall–Kier alpha value is -2.29. The number of allylic oxidation sites excluding steroid dienone is 1. The molecule has 0 radical (unpaired) electrons. The average molecular weight is 357 g/mol. The van der Waals surface area contributed by atoms with Crippen molar-refractivity contribution in [1.82, 2.24) is 16.0 Å². The predicted octanol–water partition coefficient (Wildman–Crippen LogP) is 0.781. The number of esters is 1. The van der Waals surface area contributed by atoms with Crippen LogP contribution in [0.15, 0.2) is 11.3 Å². The zero-order valence-corrected chi connectivity index (χ0v) is 15.3. The Morgan fingerprint density at radius 1 is 1.36 bits per heavy atom. The van der Waals surface area contributed by atoms with Gasteiger partial charge in [0, 0.05) is 5.70 Å². The van der Waals surface area contributed by atoms with Crippen molar-refractivity contribution in [1.29, 1.82) is 0 Å². The fourth-order valence-corrected chi connectivity index (χ4v) is 2.38. The zero-order valence-electron chi connectivity index (χ0n) is 15.3. The average Bonchev–Trinajstić information content (AvgIpc) is 2.43. The molecule has 1 aliphatic heterocycles. The molecule has 0 unspecified atom stereocenters. The van der Waals surface area contributed by atoms with E-state index in [1.807, 2.05) is 0 Å². The first kappa shape index (κ1) is 20.8. The summed E-state index contributed by atoms with van der Waals surface area (Å²) in [7, 11) is 0. The molecule has 0 fully saturated rings. The van der Waals surface area contributed by atoms with Gasteiger partial charge in [-0.25, -0.2) is 14.4 Å². The summed E-state index contributed by atoms with van der Waals surface area (Å²) in [6.45, 7) is 8.24. The van der Waals surface area contributed by atoms with Gasteiger partial charge in [0.2, 0.25) is 0 Å². The smallest absolute Gasteiger partial charge is 0.407 e. The molecule has 1 aliphatic rings. The Balaban J connectivity index is 2.87. The molecule has 0 aromatic heterocycles. The molecular formula is C16H27N3O6. The molecule has 0 bridgehead atoms. The van der Waals surface area contributed by atoms with Gasteiger partial charge in [0.1, 0.15) is 5.60 Å². The molecule has 0 spiro atoms. The molecular weight excluding hydrogens is 330 g/mol. The maximum absolute atomic E-state index is 12.2. The van der Waals surface area contributed by atoms with Crippen LogP contribution in [-0.2, 0) is 14.3 Å². The van der Waals surface area contributed by atoms with E-state index < -0.39 is 35.8 Å². The van der Waals surface area contributed by atoms with Gasteiger partial charge in [-0.1, -0.05) is 0 Å². The largest absolute Gasteiger partial charge is 0.463 e. The second-order valence-corrected chi connectivity index (χ2v) is 6.67. The van der Waals surface area contributed by atoms with E-state index in [1.54, 1.807) is 34.6 Å². The van der Waals surface area contributed by atoms with Gasteiger partial charge < -0.3 is 30.5 Å². The second kappa shape index (κ2) is 8.70. The minimum Gasteiger partial charge on any atom is -0.463 e. The highest BCUT2D eigenvalue weighted by molar-refractivity contribution is 5.94. The molecule has 9 nitrogen and oxygen atoms in total. The Labute approximate surface area is 147 Å². The Morgan fingerprint density at radius 3 is 2.52 bits per heavy atom. The van der Waals surface area contributed by atoms with E-state index in [9.17, 15) is 19.5 Å². The number of nitrogens with one attached hydrogen (secondary N) is 3. The van der Waals surface area contributed by atoms with Crippen LogP contribution in [0, 0.1) is 0 Å². The Morgan fingerprint density at radius 2 is 2.00 bits per heavy atom. The first-order valence-electron chi connectivity index (χ1n) is 8.13. The molecule has 3 amide bonds. The number of hydrogen-bond donors (Lipinski definition) is 4. The van der Waals surface area contributed by atoms with E-state index in [0.717, 1.165) is 0 Å². The third-order valence-corrected chi connectivity index (χ3v) is 3.32. The van der Waals surface area contributed by atoms with Crippen LogP contribution in [0.5, 0.6) is 0 Å². The number of carbonyl (C=O) groups is 3. The van der Waals surface area contributed by atoms with Crippen LogP contribution in [0.2, 0.25) is 0 Å². The number of urea groups is 1. The summed E-state index contributed by atoms with van der Waals surface area (Å²) >= 11 is 0. The van der Waals surface area contributed by atoms with Crippen molar-refractivity contribution in [2.24, 2.45) is 0 Å². The van der Waals surface area contributed by atoms with Crippen molar-refractivity contribution < 1.29 is 29.0 Å². The van der Waals surface area contributed by atoms with E-state index in [1.165, 1.54) is 0 Å². The standard InChI is InChI=1S/C16H27N3O6/c1-6-24-13(21)12-9(2)17-14(22)19-11(12)7-10(8-20)18-15(23)25-16(3,4)5/h10-11,20H,6-8H2,1-5H3,(H,18,23)(H2,17,19,22)/t10-,11-/m0/s1. The minimum atomic E-state index is -0.713. The molecule has 9 heteroatoms. The van der Waals surface area contributed by atoms with Gasteiger partial charge in [0.25, 0.3) is 0 Å². The first-order chi connectivity index (χ1) is 11.6. The Kier molecular flexibility index (Phi) is 7.22. The maximum Gasteiger partial charge on any atom is 0.407 e. The molecule has 0 saturated carbocycles. The molecule has 0 aliphatic carbocycles. The van der Waals surface area contributed by atoms with E-state index in [2.05, 4.69) is 16.0 Å². The van der Waals surface area contributed by atoms with Crippen molar-refractivity contribution in [2.45, 2.75) is 58.7 Å². The van der Waals surface area contributed by atoms with Crippen molar-refractivity contribution in [3.8, 4) is 0 Å². The summed E-state index contributed by atoms with van der Waals surface area (Å²) in [5.41, 5.74) is -0.0494.